The minimum Gasteiger partial charge on any atom is -0.452 e. The van der Waals surface area contributed by atoms with Crippen molar-refractivity contribution in [3.8, 4) is 0 Å². The van der Waals surface area contributed by atoms with Crippen LogP contribution in [0, 0.1) is 5.92 Å². The van der Waals surface area contributed by atoms with Crippen molar-refractivity contribution in [3.63, 3.8) is 0 Å². The van der Waals surface area contributed by atoms with E-state index in [1.54, 1.807) is 0 Å². The molecule has 1 atom stereocenters. The maximum absolute atomic E-state index is 11.9. The number of nitrogens with zero attached hydrogens (tertiary/aromatic N) is 2. The van der Waals surface area contributed by atoms with Crippen LogP contribution in [-0.4, -0.2) is 33.7 Å². The van der Waals surface area contributed by atoms with Gasteiger partial charge in [-0.2, -0.15) is 0 Å². The summed E-state index contributed by atoms with van der Waals surface area (Å²) in [4.78, 5) is 46.7. The summed E-state index contributed by atoms with van der Waals surface area (Å²) in [6, 6.07) is -0.0274. The molecule has 1 amide bonds. The molecule has 0 aromatic carbocycles. The summed E-state index contributed by atoms with van der Waals surface area (Å²) in [5.74, 6) is -0.875. The van der Waals surface area contributed by atoms with Gasteiger partial charge in [-0.15, -0.1) is 0 Å². The molecule has 0 aliphatic carbocycles. The number of amides is 1. The average molecular weight is 337 g/mol. The largest absolute Gasteiger partial charge is 0.452 e. The van der Waals surface area contributed by atoms with E-state index in [0.717, 1.165) is 10.6 Å². The Morgan fingerprint density at radius 3 is 2.46 bits per heavy atom. The van der Waals surface area contributed by atoms with E-state index in [1.807, 2.05) is 20.8 Å². The molecule has 24 heavy (non-hydrogen) atoms. The lowest BCUT2D eigenvalue weighted by Crippen LogP contribution is -2.38. The predicted octanol–water partition coefficient (Wildman–Crippen LogP) is -0.199. The Bertz CT molecular complexity index is 758. The van der Waals surface area contributed by atoms with E-state index in [0.29, 0.717) is 0 Å². The van der Waals surface area contributed by atoms with E-state index < -0.39 is 29.7 Å². The second-order valence-electron chi connectivity index (χ2n) is 5.88. The molecule has 132 valence electrons. The SMILES string of the molecule is CC(C)C(C)NC(=O)COC(=O)/C=C/c1cn(C)c(=O)n(C)c1=O. The molecule has 0 aliphatic heterocycles. The van der Waals surface area contributed by atoms with Crippen molar-refractivity contribution in [2.24, 2.45) is 20.0 Å². The van der Waals surface area contributed by atoms with Crippen molar-refractivity contribution in [1.82, 2.24) is 14.5 Å². The molecule has 0 aliphatic rings. The zero-order chi connectivity index (χ0) is 18.4. The molecule has 0 saturated heterocycles. The number of rotatable bonds is 6. The Kier molecular flexibility index (Phi) is 6.69. The van der Waals surface area contributed by atoms with Crippen LogP contribution < -0.4 is 16.6 Å². The van der Waals surface area contributed by atoms with Crippen LogP contribution >= 0.6 is 0 Å². The number of esters is 1. The quantitative estimate of drug-likeness (QED) is 0.572. The summed E-state index contributed by atoms with van der Waals surface area (Å²) in [7, 11) is 2.85. The topological polar surface area (TPSA) is 99.4 Å². The summed E-state index contributed by atoms with van der Waals surface area (Å²) in [5.41, 5.74) is -0.823. The molecule has 8 nitrogen and oxygen atoms in total. The van der Waals surface area contributed by atoms with E-state index in [2.05, 4.69) is 5.32 Å². The second-order valence-corrected chi connectivity index (χ2v) is 5.88. The number of aryl methyl sites for hydroxylation is 1. The lowest BCUT2D eigenvalue weighted by Gasteiger charge is -2.16. The fourth-order valence-electron chi connectivity index (χ4n) is 1.76. The van der Waals surface area contributed by atoms with Crippen LogP contribution in [0.15, 0.2) is 21.9 Å². The van der Waals surface area contributed by atoms with E-state index in [9.17, 15) is 19.2 Å². The molecular formula is C16H23N3O5. The van der Waals surface area contributed by atoms with Crippen molar-refractivity contribution in [3.05, 3.63) is 38.7 Å². The van der Waals surface area contributed by atoms with Gasteiger partial charge in [0, 0.05) is 32.4 Å². The van der Waals surface area contributed by atoms with Gasteiger partial charge >= 0.3 is 11.7 Å². The Morgan fingerprint density at radius 1 is 1.25 bits per heavy atom. The van der Waals surface area contributed by atoms with Crippen molar-refractivity contribution >= 4 is 18.0 Å². The Hall–Kier alpha value is -2.64. The lowest BCUT2D eigenvalue weighted by atomic mass is 10.1. The molecule has 1 N–H and O–H groups in total. The van der Waals surface area contributed by atoms with Gasteiger partial charge in [0.15, 0.2) is 6.61 Å². The van der Waals surface area contributed by atoms with Gasteiger partial charge in [0.2, 0.25) is 0 Å². The standard InChI is InChI=1S/C16H23N3O5/c1-10(2)11(3)17-13(20)9-24-14(21)7-6-12-8-18(4)16(23)19(5)15(12)22/h6-8,10-11H,9H2,1-5H3,(H,17,20)/b7-6+. The number of aromatic nitrogens is 2. The van der Waals surface area contributed by atoms with Crippen LogP contribution in [0.2, 0.25) is 0 Å². The average Bonchev–Trinajstić information content (AvgIpc) is 2.52. The van der Waals surface area contributed by atoms with Gasteiger partial charge in [0.25, 0.3) is 11.5 Å². The third-order valence-electron chi connectivity index (χ3n) is 3.61. The first-order valence-electron chi connectivity index (χ1n) is 7.54. The summed E-state index contributed by atoms with van der Waals surface area (Å²) in [5, 5.41) is 2.71. The molecule has 0 radical (unpaired) electrons. The van der Waals surface area contributed by atoms with Gasteiger partial charge in [0.05, 0.1) is 5.56 Å². The van der Waals surface area contributed by atoms with Crippen LogP contribution in [0.5, 0.6) is 0 Å². The number of hydrogen-bond donors (Lipinski definition) is 1. The van der Waals surface area contributed by atoms with E-state index in [1.165, 1.54) is 30.9 Å². The Balaban J connectivity index is 2.66. The molecule has 0 bridgehead atoms. The maximum atomic E-state index is 11.9. The summed E-state index contributed by atoms with van der Waals surface area (Å²) >= 11 is 0. The molecule has 1 heterocycles. The Morgan fingerprint density at radius 2 is 1.88 bits per heavy atom. The molecular weight excluding hydrogens is 314 g/mol. The van der Waals surface area contributed by atoms with Crippen LogP contribution in [0.1, 0.15) is 26.3 Å². The highest BCUT2D eigenvalue weighted by molar-refractivity contribution is 5.89. The molecule has 1 rings (SSSR count). The van der Waals surface area contributed by atoms with Gasteiger partial charge in [-0.3, -0.25) is 14.2 Å². The molecule has 0 saturated carbocycles. The van der Waals surface area contributed by atoms with Gasteiger partial charge in [-0.05, 0) is 18.9 Å². The van der Waals surface area contributed by atoms with Crippen molar-refractivity contribution in [1.29, 1.82) is 0 Å². The molecule has 1 aromatic heterocycles. The van der Waals surface area contributed by atoms with Gasteiger partial charge in [-0.1, -0.05) is 13.8 Å². The lowest BCUT2D eigenvalue weighted by molar-refractivity contribution is -0.144. The number of hydrogen-bond acceptors (Lipinski definition) is 5. The Labute approximate surface area is 139 Å². The molecule has 8 heteroatoms. The zero-order valence-corrected chi connectivity index (χ0v) is 14.5. The summed E-state index contributed by atoms with van der Waals surface area (Å²) in [6.45, 7) is 5.39. The third-order valence-corrected chi connectivity index (χ3v) is 3.61. The van der Waals surface area contributed by atoms with E-state index in [-0.39, 0.29) is 17.5 Å². The first kappa shape index (κ1) is 19.4. The van der Waals surface area contributed by atoms with E-state index >= 15 is 0 Å². The monoisotopic (exact) mass is 337 g/mol. The molecule has 0 fully saturated rings. The zero-order valence-electron chi connectivity index (χ0n) is 14.5. The van der Waals surface area contributed by atoms with Gasteiger partial charge in [0.1, 0.15) is 0 Å². The van der Waals surface area contributed by atoms with Crippen LogP contribution in [0.3, 0.4) is 0 Å². The van der Waals surface area contributed by atoms with Crippen molar-refractivity contribution in [2.45, 2.75) is 26.8 Å². The predicted molar refractivity (Wildman–Crippen MR) is 89.4 cm³/mol. The van der Waals surface area contributed by atoms with Crippen LogP contribution in [-0.2, 0) is 28.4 Å². The van der Waals surface area contributed by atoms with Crippen molar-refractivity contribution in [2.75, 3.05) is 6.61 Å². The highest BCUT2D eigenvalue weighted by atomic mass is 16.5. The third kappa shape index (κ3) is 5.22. The fraction of sp³-hybridized carbons (Fsp3) is 0.500. The number of ether oxygens (including phenoxy) is 1. The summed E-state index contributed by atoms with van der Waals surface area (Å²) in [6.07, 6.45) is 3.62. The smallest absolute Gasteiger partial charge is 0.331 e. The first-order chi connectivity index (χ1) is 11.1. The minimum atomic E-state index is -0.752. The van der Waals surface area contributed by atoms with Crippen LogP contribution in [0.4, 0.5) is 0 Å². The molecule has 0 spiro atoms. The van der Waals surface area contributed by atoms with Crippen molar-refractivity contribution < 1.29 is 14.3 Å². The number of nitrogens with one attached hydrogen (secondary N) is 1. The van der Waals surface area contributed by atoms with E-state index in [4.69, 9.17) is 4.74 Å². The number of carbonyl (C=O) groups is 2. The highest BCUT2D eigenvalue weighted by Crippen LogP contribution is 1.99. The normalized spacial score (nSPS) is 12.4. The van der Waals surface area contributed by atoms with Gasteiger partial charge < -0.3 is 14.6 Å². The molecule has 1 unspecified atom stereocenters. The number of carbonyl (C=O) groups excluding carboxylic acids is 2. The first-order valence-corrected chi connectivity index (χ1v) is 7.54. The maximum Gasteiger partial charge on any atom is 0.331 e. The van der Waals surface area contributed by atoms with Crippen LogP contribution in [0.25, 0.3) is 6.08 Å². The molecule has 1 aromatic rings. The fourth-order valence-corrected chi connectivity index (χ4v) is 1.76. The minimum absolute atomic E-state index is 0.0274. The summed E-state index contributed by atoms with van der Waals surface area (Å²) < 4.78 is 6.98. The second kappa shape index (κ2) is 8.28. The highest BCUT2D eigenvalue weighted by Gasteiger charge is 2.12. The van der Waals surface area contributed by atoms with Gasteiger partial charge in [-0.25, -0.2) is 9.59 Å².